The summed E-state index contributed by atoms with van der Waals surface area (Å²) >= 11 is 1.75. The zero-order valence-electron chi connectivity index (χ0n) is 8.66. The van der Waals surface area contributed by atoms with E-state index in [1.54, 1.807) is 11.8 Å². The Hall–Kier alpha value is -0.470. The Kier molecular flexibility index (Phi) is 2.58. The highest BCUT2D eigenvalue weighted by molar-refractivity contribution is 7.98. The van der Waals surface area contributed by atoms with Crippen LogP contribution in [0.5, 0.6) is 0 Å². The molecule has 1 aliphatic rings. The lowest BCUT2D eigenvalue weighted by molar-refractivity contribution is 0.247. The minimum atomic E-state index is 0.0803. The quantitative estimate of drug-likeness (QED) is 0.771. The Morgan fingerprint density at radius 3 is 2.36 bits per heavy atom. The first-order valence-electron chi connectivity index (χ1n) is 4.98. The lowest BCUT2D eigenvalue weighted by atomic mass is 9.95. The molecular weight excluding hydrogens is 192 g/mol. The fourth-order valence-corrected chi connectivity index (χ4v) is 2.53. The highest BCUT2D eigenvalue weighted by Gasteiger charge is 2.51. The van der Waals surface area contributed by atoms with E-state index in [1.807, 2.05) is 0 Å². The molecule has 0 aliphatic heterocycles. The van der Waals surface area contributed by atoms with Crippen LogP contribution in [0.15, 0.2) is 29.2 Å². The van der Waals surface area contributed by atoms with Crippen molar-refractivity contribution in [2.24, 2.45) is 5.92 Å². The second-order valence-electron chi connectivity index (χ2n) is 4.15. The Bertz CT molecular complexity index is 316. The van der Waals surface area contributed by atoms with Crippen LogP contribution in [0, 0.1) is 5.92 Å². The summed E-state index contributed by atoms with van der Waals surface area (Å²) in [5, 5.41) is 9.40. The maximum atomic E-state index is 9.40. The van der Waals surface area contributed by atoms with Crippen LogP contribution >= 0.6 is 11.8 Å². The zero-order valence-corrected chi connectivity index (χ0v) is 9.47. The van der Waals surface area contributed by atoms with Gasteiger partial charge in [-0.3, -0.25) is 0 Å². The van der Waals surface area contributed by atoms with Gasteiger partial charge in [-0.25, -0.2) is 0 Å². The molecule has 1 saturated carbocycles. The van der Waals surface area contributed by atoms with Gasteiger partial charge in [-0.1, -0.05) is 19.1 Å². The SMILES string of the molecule is CSc1ccc(C2(CO)CC2C)cc1. The fourth-order valence-electron chi connectivity index (χ4n) is 2.12. The van der Waals surface area contributed by atoms with Gasteiger partial charge in [-0.2, -0.15) is 0 Å². The predicted molar refractivity (Wildman–Crippen MR) is 60.8 cm³/mol. The lowest BCUT2D eigenvalue weighted by Crippen LogP contribution is -2.14. The Labute approximate surface area is 89.5 Å². The number of hydrogen-bond donors (Lipinski definition) is 1. The third-order valence-corrected chi connectivity index (χ3v) is 4.14. The van der Waals surface area contributed by atoms with E-state index in [0.717, 1.165) is 6.42 Å². The highest BCUT2D eigenvalue weighted by Crippen LogP contribution is 2.53. The average molecular weight is 208 g/mol. The van der Waals surface area contributed by atoms with Crippen molar-refractivity contribution in [1.82, 2.24) is 0 Å². The third-order valence-electron chi connectivity index (χ3n) is 3.40. The van der Waals surface area contributed by atoms with E-state index in [0.29, 0.717) is 5.92 Å². The minimum Gasteiger partial charge on any atom is -0.395 e. The van der Waals surface area contributed by atoms with Crippen LogP contribution in [-0.2, 0) is 5.41 Å². The van der Waals surface area contributed by atoms with Crippen molar-refractivity contribution in [3.63, 3.8) is 0 Å². The van der Waals surface area contributed by atoms with Crippen molar-refractivity contribution in [2.75, 3.05) is 12.9 Å². The fraction of sp³-hybridized carbons (Fsp3) is 0.500. The topological polar surface area (TPSA) is 20.2 Å². The number of thioether (sulfide) groups is 1. The predicted octanol–water partition coefficient (Wildman–Crippen LogP) is 2.68. The van der Waals surface area contributed by atoms with Gasteiger partial charge in [0.2, 0.25) is 0 Å². The van der Waals surface area contributed by atoms with Crippen molar-refractivity contribution in [1.29, 1.82) is 0 Å². The molecule has 14 heavy (non-hydrogen) atoms. The number of hydrogen-bond acceptors (Lipinski definition) is 2. The van der Waals surface area contributed by atoms with E-state index in [4.69, 9.17) is 0 Å². The molecule has 0 radical (unpaired) electrons. The smallest absolute Gasteiger partial charge is 0.0530 e. The molecule has 1 nitrogen and oxygen atoms in total. The molecule has 2 rings (SSSR count). The van der Waals surface area contributed by atoms with Crippen molar-refractivity contribution < 1.29 is 5.11 Å². The average Bonchev–Trinajstić information content (AvgIpc) is 2.91. The normalized spacial score (nSPS) is 30.4. The summed E-state index contributed by atoms with van der Waals surface area (Å²) in [6.45, 7) is 2.49. The largest absolute Gasteiger partial charge is 0.395 e. The molecule has 76 valence electrons. The van der Waals surface area contributed by atoms with Gasteiger partial charge in [-0.15, -0.1) is 11.8 Å². The molecular formula is C12H16OS. The molecule has 1 fully saturated rings. The molecule has 0 spiro atoms. The summed E-state index contributed by atoms with van der Waals surface area (Å²) in [7, 11) is 0. The second-order valence-corrected chi connectivity index (χ2v) is 5.03. The molecule has 2 heteroatoms. The van der Waals surface area contributed by atoms with Crippen molar-refractivity contribution >= 4 is 11.8 Å². The molecule has 0 bridgehead atoms. The van der Waals surface area contributed by atoms with E-state index in [-0.39, 0.29) is 12.0 Å². The summed E-state index contributed by atoms with van der Waals surface area (Å²) in [4.78, 5) is 1.29. The number of rotatable bonds is 3. The summed E-state index contributed by atoms with van der Waals surface area (Å²) in [5.41, 5.74) is 1.38. The van der Waals surface area contributed by atoms with Gasteiger partial charge in [0.15, 0.2) is 0 Å². The van der Waals surface area contributed by atoms with Crippen LogP contribution < -0.4 is 0 Å². The van der Waals surface area contributed by atoms with Gasteiger partial charge < -0.3 is 5.11 Å². The van der Waals surface area contributed by atoms with E-state index < -0.39 is 0 Å². The standard InChI is InChI=1S/C12H16OS/c1-9-7-12(9,8-13)10-3-5-11(14-2)6-4-10/h3-6,9,13H,7-8H2,1-2H3. The summed E-state index contributed by atoms with van der Waals surface area (Å²) < 4.78 is 0. The Morgan fingerprint density at radius 1 is 1.43 bits per heavy atom. The maximum Gasteiger partial charge on any atom is 0.0530 e. The molecule has 2 atom stereocenters. The molecule has 1 N–H and O–H groups in total. The number of benzene rings is 1. The van der Waals surface area contributed by atoms with Gasteiger partial charge in [0.05, 0.1) is 6.61 Å². The maximum absolute atomic E-state index is 9.40. The van der Waals surface area contributed by atoms with Crippen LogP contribution in [0.1, 0.15) is 18.9 Å². The van der Waals surface area contributed by atoms with Crippen LogP contribution in [0.25, 0.3) is 0 Å². The van der Waals surface area contributed by atoms with E-state index in [1.165, 1.54) is 10.5 Å². The van der Waals surface area contributed by atoms with Gasteiger partial charge in [0, 0.05) is 10.3 Å². The second kappa shape index (κ2) is 3.59. The van der Waals surface area contributed by atoms with Gasteiger partial charge in [0.25, 0.3) is 0 Å². The van der Waals surface area contributed by atoms with Crippen LogP contribution in [0.3, 0.4) is 0 Å². The Morgan fingerprint density at radius 2 is 2.00 bits per heavy atom. The molecule has 0 heterocycles. The molecule has 1 aliphatic carbocycles. The number of aliphatic hydroxyl groups is 1. The molecule has 1 aromatic rings. The third kappa shape index (κ3) is 1.47. The summed E-state index contributed by atoms with van der Waals surface area (Å²) in [6.07, 6.45) is 3.21. The van der Waals surface area contributed by atoms with Gasteiger partial charge in [0.1, 0.15) is 0 Å². The van der Waals surface area contributed by atoms with Crippen molar-refractivity contribution in [2.45, 2.75) is 23.7 Å². The lowest BCUT2D eigenvalue weighted by Gasteiger charge is -2.13. The molecule has 2 unspecified atom stereocenters. The monoisotopic (exact) mass is 208 g/mol. The highest BCUT2D eigenvalue weighted by atomic mass is 32.2. The van der Waals surface area contributed by atoms with E-state index in [9.17, 15) is 5.11 Å². The zero-order chi connectivity index (χ0) is 10.2. The van der Waals surface area contributed by atoms with Crippen LogP contribution in [0.4, 0.5) is 0 Å². The van der Waals surface area contributed by atoms with Crippen LogP contribution in [-0.4, -0.2) is 18.0 Å². The molecule has 0 aromatic heterocycles. The van der Waals surface area contributed by atoms with Gasteiger partial charge in [-0.05, 0) is 36.3 Å². The van der Waals surface area contributed by atoms with Crippen molar-refractivity contribution in [3.8, 4) is 0 Å². The van der Waals surface area contributed by atoms with E-state index >= 15 is 0 Å². The molecule has 1 aromatic carbocycles. The van der Waals surface area contributed by atoms with Gasteiger partial charge >= 0.3 is 0 Å². The molecule has 0 saturated heterocycles. The first kappa shape index (κ1) is 10.1. The first-order valence-corrected chi connectivity index (χ1v) is 6.21. The van der Waals surface area contributed by atoms with E-state index in [2.05, 4.69) is 37.4 Å². The molecule has 0 amide bonds. The summed E-state index contributed by atoms with van der Waals surface area (Å²) in [5.74, 6) is 0.632. The first-order chi connectivity index (χ1) is 6.73. The van der Waals surface area contributed by atoms with Crippen LogP contribution in [0.2, 0.25) is 0 Å². The van der Waals surface area contributed by atoms with Crippen molar-refractivity contribution in [3.05, 3.63) is 29.8 Å². The number of aliphatic hydroxyl groups excluding tert-OH is 1. The Balaban J connectivity index is 2.25. The minimum absolute atomic E-state index is 0.0803. The summed E-state index contributed by atoms with van der Waals surface area (Å²) in [6, 6.07) is 8.60.